The van der Waals surface area contributed by atoms with Gasteiger partial charge in [-0.25, -0.2) is 0 Å². The minimum atomic E-state index is -0.438. The molecule has 0 bridgehead atoms. The van der Waals surface area contributed by atoms with Gasteiger partial charge in [0, 0.05) is 11.3 Å². The lowest BCUT2D eigenvalue weighted by Gasteiger charge is -2.61. The van der Waals surface area contributed by atoms with Gasteiger partial charge in [-0.15, -0.1) is 0 Å². The maximum absolute atomic E-state index is 14.6. The summed E-state index contributed by atoms with van der Waals surface area (Å²) in [7, 11) is 0. The van der Waals surface area contributed by atoms with E-state index in [0.717, 1.165) is 44.9 Å². The summed E-state index contributed by atoms with van der Waals surface area (Å²) < 4.78 is 14.6. The van der Waals surface area contributed by atoms with Crippen LogP contribution in [0.25, 0.3) is 0 Å². The second-order valence-electron chi connectivity index (χ2n) is 10.6. The second kappa shape index (κ2) is 5.09. The van der Waals surface area contributed by atoms with Crippen LogP contribution in [-0.2, 0) is 4.79 Å². The van der Waals surface area contributed by atoms with E-state index in [2.05, 4.69) is 6.92 Å². The van der Waals surface area contributed by atoms with Crippen LogP contribution in [0.3, 0.4) is 0 Å². The zero-order valence-corrected chi connectivity index (χ0v) is 15.8. The van der Waals surface area contributed by atoms with Crippen molar-refractivity contribution in [3.05, 3.63) is 0 Å². The summed E-state index contributed by atoms with van der Waals surface area (Å²) in [6.45, 7) is 3.95. The first-order chi connectivity index (χ1) is 11.9. The van der Waals surface area contributed by atoms with Gasteiger partial charge in [-0.1, -0.05) is 6.92 Å². The molecule has 5 aliphatic carbocycles. The van der Waals surface area contributed by atoms with Gasteiger partial charge < -0.3 is 5.11 Å². The Morgan fingerprint density at radius 2 is 1.76 bits per heavy atom. The molecule has 0 heterocycles. The molecule has 0 spiro atoms. The van der Waals surface area contributed by atoms with Crippen molar-refractivity contribution in [1.82, 2.24) is 0 Å². The maximum Gasteiger partial charge on any atom is 0.133 e. The van der Waals surface area contributed by atoms with Gasteiger partial charge in [-0.2, -0.15) is 0 Å². The molecular weight excluding hydrogens is 315 g/mol. The zero-order valence-electron chi connectivity index (χ0n) is 15.8. The number of rotatable bonds is 2. The molecule has 0 aromatic heterocycles. The summed E-state index contributed by atoms with van der Waals surface area (Å²) in [5.41, 5.74) is -0.440. The van der Waals surface area contributed by atoms with Gasteiger partial charge in [0.05, 0.1) is 12.3 Å². The highest BCUT2D eigenvalue weighted by atomic mass is 19.1. The normalized spacial score (nSPS) is 59.4. The average molecular weight is 349 g/mol. The molecule has 0 aliphatic heterocycles. The predicted octanol–water partition coefficient (Wildman–Crippen LogP) is 4.54. The van der Waals surface area contributed by atoms with Crippen molar-refractivity contribution in [2.24, 2.45) is 46.3 Å². The van der Waals surface area contributed by atoms with Crippen LogP contribution < -0.4 is 0 Å². The minimum absolute atomic E-state index is 0.159. The van der Waals surface area contributed by atoms with Crippen molar-refractivity contribution >= 4 is 5.78 Å². The topological polar surface area (TPSA) is 37.3 Å². The van der Waals surface area contributed by atoms with E-state index in [1.807, 2.05) is 0 Å². The molecule has 0 aromatic rings. The Kier molecular flexibility index (Phi) is 3.40. The van der Waals surface area contributed by atoms with Crippen molar-refractivity contribution in [1.29, 1.82) is 0 Å². The Morgan fingerprint density at radius 1 is 1.00 bits per heavy atom. The fourth-order valence-corrected chi connectivity index (χ4v) is 8.82. The molecule has 0 amide bonds. The molecule has 0 saturated heterocycles. The van der Waals surface area contributed by atoms with Gasteiger partial charge in [0.1, 0.15) is 5.78 Å². The van der Waals surface area contributed by atoms with E-state index in [-0.39, 0.29) is 23.4 Å². The van der Waals surface area contributed by atoms with E-state index in [1.54, 1.807) is 6.92 Å². The lowest BCUT2D eigenvalue weighted by Crippen LogP contribution is -2.56. The third kappa shape index (κ3) is 1.97. The fourth-order valence-electron chi connectivity index (χ4n) is 8.82. The molecule has 5 saturated carbocycles. The number of halogens is 1. The fraction of sp³-hybridized carbons (Fsp3) is 0.955. The van der Waals surface area contributed by atoms with Gasteiger partial charge >= 0.3 is 0 Å². The Balaban J connectivity index is 1.47. The lowest BCUT2D eigenvalue weighted by atomic mass is 9.44. The number of hydrogen-bond acceptors (Lipinski definition) is 2. The number of hydrogen-bond donors (Lipinski definition) is 1. The number of ketones is 1. The molecule has 140 valence electrons. The molecular formula is C22H33FO2. The van der Waals surface area contributed by atoms with Gasteiger partial charge in [-0.05, 0) is 99.7 Å². The largest absolute Gasteiger partial charge is 0.390 e. The SMILES string of the molecule is CC(=O)[C@H]1CC[C@H]2[C@@H]3CCC4C5C[C@@]5(O)CC[C@]4(CF)[C@H]3CC[C@]12C. The highest BCUT2D eigenvalue weighted by Gasteiger charge is 2.70. The first kappa shape index (κ1) is 16.7. The highest BCUT2D eigenvalue weighted by molar-refractivity contribution is 5.79. The Morgan fingerprint density at radius 3 is 2.48 bits per heavy atom. The first-order valence-electron chi connectivity index (χ1n) is 10.6. The van der Waals surface area contributed by atoms with E-state index >= 15 is 0 Å². The van der Waals surface area contributed by atoms with Crippen molar-refractivity contribution in [3.8, 4) is 0 Å². The molecule has 9 atom stereocenters. The number of aliphatic hydroxyl groups is 1. The Hall–Kier alpha value is -0.440. The number of alkyl halides is 1. The van der Waals surface area contributed by atoms with Crippen LogP contribution in [0.2, 0.25) is 0 Å². The summed E-state index contributed by atoms with van der Waals surface area (Å²) >= 11 is 0. The van der Waals surface area contributed by atoms with Crippen molar-refractivity contribution in [2.45, 2.75) is 77.2 Å². The van der Waals surface area contributed by atoms with Crippen molar-refractivity contribution in [3.63, 3.8) is 0 Å². The summed E-state index contributed by atoms with van der Waals surface area (Å²) in [5, 5.41) is 10.6. The number of carbonyl (C=O) groups is 1. The number of carbonyl (C=O) groups excluding carboxylic acids is 1. The molecule has 2 unspecified atom stereocenters. The molecule has 2 nitrogen and oxygen atoms in total. The van der Waals surface area contributed by atoms with Crippen molar-refractivity contribution in [2.75, 3.05) is 6.67 Å². The van der Waals surface area contributed by atoms with Crippen LogP contribution in [0.1, 0.15) is 71.6 Å². The maximum atomic E-state index is 14.6. The minimum Gasteiger partial charge on any atom is -0.390 e. The molecule has 5 fully saturated rings. The van der Waals surface area contributed by atoms with Crippen LogP contribution in [-0.4, -0.2) is 23.2 Å². The van der Waals surface area contributed by atoms with Crippen LogP contribution in [0.5, 0.6) is 0 Å². The zero-order chi connectivity index (χ0) is 17.6. The summed E-state index contributed by atoms with van der Waals surface area (Å²) in [5.74, 6) is 3.11. The van der Waals surface area contributed by atoms with E-state index in [0.29, 0.717) is 35.4 Å². The van der Waals surface area contributed by atoms with Gasteiger partial charge in [0.15, 0.2) is 0 Å². The van der Waals surface area contributed by atoms with E-state index in [4.69, 9.17) is 0 Å². The van der Waals surface area contributed by atoms with Crippen molar-refractivity contribution < 1.29 is 14.3 Å². The highest BCUT2D eigenvalue weighted by Crippen LogP contribution is 2.72. The standard InChI is InChI=1S/C22H33FO2/c1-13(24)15-5-6-16-14-3-4-18-19-11-22(19,25)10-9-21(18,12-23)17(14)7-8-20(15,16)2/h14-19,25H,3-12H2,1-2H3/t14-,15+,16-,17-,18?,19?,20+,21-,22-/m0/s1. The number of fused-ring (bicyclic) bond motifs is 7. The molecule has 0 radical (unpaired) electrons. The summed E-state index contributed by atoms with van der Waals surface area (Å²) in [4.78, 5) is 12.2. The quantitative estimate of drug-likeness (QED) is 0.795. The van der Waals surface area contributed by atoms with E-state index in [1.165, 1.54) is 12.8 Å². The second-order valence-corrected chi connectivity index (χ2v) is 10.6. The smallest absolute Gasteiger partial charge is 0.133 e. The Bertz CT molecular complexity index is 605. The van der Waals surface area contributed by atoms with Gasteiger partial charge in [0.2, 0.25) is 0 Å². The third-order valence-electron chi connectivity index (χ3n) is 10.1. The lowest BCUT2D eigenvalue weighted by molar-refractivity contribution is -0.150. The van der Waals surface area contributed by atoms with Crippen LogP contribution in [0.15, 0.2) is 0 Å². The molecule has 0 aromatic carbocycles. The molecule has 5 rings (SSSR count). The molecule has 1 N–H and O–H groups in total. The predicted molar refractivity (Wildman–Crippen MR) is 94.6 cm³/mol. The summed E-state index contributed by atoms with van der Waals surface area (Å²) in [6.07, 6.45) is 9.37. The number of Topliss-reactive ketones (excluding diaryl/α,β-unsaturated/α-hetero) is 1. The summed E-state index contributed by atoms with van der Waals surface area (Å²) in [6, 6.07) is 0. The monoisotopic (exact) mass is 348 g/mol. The molecule has 25 heavy (non-hydrogen) atoms. The van der Waals surface area contributed by atoms with Gasteiger partial charge in [0.25, 0.3) is 0 Å². The van der Waals surface area contributed by atoms with Crippen LogP contribution in [0.4, 0.5) is 4.39 Å². The Labute approximate surface area is 150 Å². The van der Waals surface area contributed by atoms with E-state index in [9.17, 15) is 14.3 Å². The van der Waals surface area contributed by atoms with Crippen LogP contribution >= 0.6 is 0 Å². The molecule has 5 aliphatic rings. The average Bonchev–Trinajstić information content (AvgIpc) is 3.14. The van der Waals surface area contributed by atoms with Gasteiger partial charge in [-0.3, -0.25) is 9.18 Å². The first-order valence-corrected chi connectivity index (χ1v) is 10.6. The molecule has 3 heteroatoms. The third-order valence-corrected chi connectivity index (χ3v) is 10.1. The van der Waals surface area contributed by atoms with E-state index < -0.39 is 5.60 Å². The van der Waals surface area contributed by atoms with Crippen LogP contribution in [0, 0.1) is 46.3 Å².